The number of halogens is 4. The van der Waals surface area contributed by atoms with E-state index in [0.29, 0.717) is 11.4 Å². The molecule has 14 heteroatoms. The summed E-state index contributed by atoms with van der Waals surface area (Å²) in [7, 11) is 0. The fourth-order valence-corrected chi connectivity index (χ4v) is 5.53. The molecule has 0 saturated carbocycles. The number of amidine groups is 1. The van der Waals surface area contributed by atoms with E-state index in [0.717, 1.165) is 46.7 Å². The first kappa shape index (κ1) is 30.5. The van der Waals surface area contributed by atoms with Gasteiger partial charge in [-0.15, -0.1) is 18.3 Å². The lowest BCUT2D eigenvalue weighted by molar-refractivity contribution is -0.274. The SMILES string of the molecule is Cc1ccc(-c2ccccc2)c(N2C(=O)CS/C2=N\C(=O)Nc2ccc(-c3ncn(-c4ccc(OC(F)(F)F)cc4)n3)cc2F)c1. The number of urea groups is 1. The van der Waals surface area contributed by atoms with Crippen molar-refractivity contribution in [1.82, 2.24) is 14.8 Å². The second kappa shape index (κ2) is 12.5. The zero-order chi connectivity index (χ0) is 32.4. The predicted octanol–water partition coefficient (Wildman–Crippen LogP) is 7.62. The van der Waals surface area contributed by atoms with Gasteiger partial charge in [-0.2, -0.15) is 4.99 Å². The molecule has 1 saturated heterocycles. The van der Waals surface area contributed by atoms with E-state index in [-0.39, 0.29) is 39.7 Å². The third-order valence-electron chi connectivity index (χ3n) is 6.74. The van der Waals surface area contributed by atoms with Crippen LogP contribution in [0.15, 0.2) is 102 Å². The van der Waals surface area contributed by atoms with Crippen molar-refractivity contribution in [3.05, 3.63) is 109 Å². The number of aliphatic imine (C=N–C) groups is 1. The van der Waals surface area contributed by atoms with Gasteiger partial charge in [0, 0.05) is 11.1 Å². The molecule has 1 fully saturated rings. The minimum Gasteiger partial charge on any atom is -0.406 e. The van der Waals surface area contributed by atoms with Gasteiger partial charge in [0.15, 0.2) is 11.0 Å². The van der Waals surface area contributed by atoms with Crippen LogP contribution in [0.25, 0.3) is 28.2 Å². The highest BCUT2D eigenvalue weighted by atomic mass is 32.2. The first-order chi connectivity index (χ1) is 22.0. The molecule has 0 bridgehead atoms. The van der Waals surface area contributed by atoms with Crippen LogP contribution in [-0.2, 0) is 4.79 Å². The van der Waals surface area contributed by atoms with Crippen LogP contribution in [0.3, 0.4) is 0 Å². The Hall–Kier alpha value is -5.50. The Morgan fingerprint density at radius 2 is 1.74 bits per heavy atom. The maximum atomic E-state index is 15.1. The average Bonchev–Trinajstić information content (AvgIpc) is 3.65. The van der Waals surface area contributed by atoms with Crippen LogP contribution in [0, 0.1) is 12.7 Å². The molecule has 2 heterocycles. The Balaban J connectivity index is 1.18. The lowest BCUT2D eigenvalue weighted by atomic mass is 10.0. The molecule has 3 amide bonds. The number of alkyl halides is 3. The van der Waals surface area contributed by atoms with E-state index >= 15 is 4.39 Å². The number of carbonyl (C=O) groups excluding carboxylic acids is 2. The molecule has 0 atom stereocenters. The minimum absolute atomic E-state index is 0.0858. The van der Waals surface area contributed by atoms with Gasteiger partial charge in [0.25, 0.3) is 0 Å². The van der Waals surface area contributed by atoms with Crippen LogP contribution in [0.5, 0.6) is 5.75 Å². The third-order valence-corrected chi connectivity index (χ3v) is 7.66. The van der Waals surface area contributed by atoms with E-state index < -0.39 is 18.2 Å². The number of aryl methyl sites for hydroxylation is 1. The lowest BCUT2D eigenvalue weighted by Gasteiger charge is -2.20. The van der Waals surface area contributed by atoms with Gasteiger partial charge in [-0.1, -0.05) is 54.2 Å². The van der Waals surface area contributed by atoms with E-state index in [9.17, 15) is 22.8 Å². The number of rotatable bonds is 6. The summed E-state index contributed by atoms with van der Waals surface area (Å²) in [5.41, 5.74) is 3.71. The maximum Gasteiger partial charge on any atom is 0.573 e. The van der Waals surface area contributed by atoms with Crippen LogP contribution in [-0.4, -0.2) is 44.0 Å². The topological polar surface area (TPSA) is 102 Å². The number of hydrogen-bond acceptors (Lipinski definition) is 6. The van der Waals surface area contributed by atoms with Gasteiger partial charge < -0.3 is 10.1 Å². The van der Waals surface area contributed by atoms with Crippen molar-refractivity contribution in [3.8, 4) is 34.0 Å². The largest absolute Gasteiger partial charge is 0.573 e. The maximum absolute atomic E-state index is 15.1. The monoisotopic (exact) mass is 646 g/mol. The molecular formula is C32H22F4N6O3S. The lowest BCUT2D eigenvalue weighted by Crippen LogP contribution is -2.31. The Labute approximate surface area is 263 Å². The number of ether oxygens (including phenoxy) is 1. The van der Waals surface area contributed by atoms with Crippen molar-refractivity contribution < 1.29 is 31.9 Å². The molecule has 1 aliphatic rings. The summed E-state index contributed by atoms with van der Waals surface area (Å²) >= 11 is 1.11. The zero-order valence-electron chi connectivity index (χ0n) is 23.8. The van der Waals surface area contributed by atoms with Gasteiger partial charge in [0.2, 0.25) is 5.91 Å². The van der Waals surface area contributed by atoms with Gasteiger partial charge in [-0.05, 0) is 66.6 Å². The summed E-state index contributed by atoms with van der Waals surface area (Å²) in [4.78, 5) is 35.5. The van der Waals surface area contributed by atoms with Crippen LogP contribution < -0.4 is 15.0 Å². The van der Waals surface area contributed by atoms with Gasteiger partial charge in [-0.25, -0.2) is 18.9 Å². The normalized spacial score (nSPS) is 14.2. The summed E-state index contributed by atoms with van der Waals surface area (Å²) in [6.45, 7) is 1.90. The standard InChI is InChI=1S/C32H22F4N6O3S/c1-19-7-13-24(20-5-3-2-4-6-20)27(15-19)42-28(43)17-46-31(42)39-30(44)38-26-14-8-21(16-25(26)33)29-37-18-41(40-29)22-9-11-23(12-10-22)45-32(34,35)36/h2-16,18H,17H2,1H3,(H,38,44)/b39-31-. The number of aromatic nitrogens is 3. The Morgan fingerprint density at radius 1 is 0.978 bits per heavy atom. The first-order valence-electron chi connectivity index (χ1n) is 13.6. The van der Waals surface area contributed by atoms with E-state index in [2.05, 4.69) is 25.1 Å². The summed E-state index contributed by atoms with van der Waals surface area (Å²) in [5.74, 6) is -1.20. The van der Waals surface area contributed by atoms with Gasteiger partial charge in [0.1, 0.15) is 17.9 Å². The number of carbonyl (C=O) groups is 2. The highest BCUT2D eigenvalue weighted by Crippen LogP contribution is 2.36. The highest BCUT2D eigenvalue weighted by molar-refractivity contribution is 8.15. The number of anilines is 2. The van der Waals surface area contributed by atoms with Crippen molar-refractivity contribution in [1.29, 1.82) is 0 Å². The number of thioether (sulfide) groups is 1. The highest BCUT2D eigenvalue weighted by Gasteiger charge is 2.33. The predicted molar refractivity (Wildman–Crippen MR) is 166 cm³/mol. The molecule has 0 spiro atoms. The molecule has 1 aromatic heterocycles. The second-order valence-corrected chi connectivity index (χ2v) is 10.9. The molecule has 0 aliphatic carbocycles. The molecule has 0 unspecified atom stereocenters. The van der Waals surface area contributed by atoms with Crippen molar-refractivity contribution in [2.45, 2.75) is 13.3 Å². The summed E-state index contributed by atoms with van der Waals surface area (Å²) in [6, 6.07) is 23.3. The van der Waals surface area contributed by atoms with Crippen molar-refractivity contribution in [2.75, 3.05) is 16.0 Å². The molecule has 5 aromatic rings. The van der Waals surface area contributed by atoms with Gasteiger partial charge in [0.05, 0.1) is 22.8 Å². The van der Waals surface area contributed by atoms with Gasteiger partial charge >= 0.3 is 12.4 Å². The molecule has 0 radical (unpaired) electrons. The van der Waals surface area contributed by atoms with E-state index in [1.54, 1.807) is 0 Å². The van der Waals surface area contributed by atoms with Crippen LogP contribution in [0.1, 0.15) is 5.56 Å². The Bertz CT molecular complexity index is 1960. The fraction of sp³-hybridized carbons (Fsp3) is 0.0938. The molecule has 1 aliphatic heterocycles. The van der Waals surface area contributed by atoms with Crippen molar-refractivity contribution in [3.63, 3.8) is 0 Å². The smallest absolute Gasteiger partial charge is 0.406 e. The second-order valence-electron chi connectivity index (χ2n) is 9.98. The van der Waals surface area contributed by atoms with Crippen LogP contribution in [0.4, 0.5) is 33.7 Å². The Morgan fingerprint density at radius 3 is 2.46 bits per heavy atom. The zero-order valence-corrected chi connectivity index (χ0v) is 24.6. The summed E-state index contributed by atoms with van der Waals surface area (Å²) in [5, 5.41) is 6.85. The molecule has 9 nitrogen and oxygen atoms in total. The van der Waals surface area contributed by atoms with E-state index in [1.807, 2.05) is 55.5 Å². The minimum atomic E-state index is -4.81. The number of hydrogen-bond donors (Lipinski definition) is 1. The number of benzene rings is 4. The summed E-state index contributed by atoms with van der Waals surface area (Å²) in [6.07, 6.45) is -3.49. The first-order valence-corrected chi connectivity index (χ1v) is 14.6. The molecule has 4 aromatic carbocycles. The number of nitrogens with one attached hydrogen (secondary N) is 1. The van der Waals surface area contributed by atoms with Crippen molar-refractivity contribution in [2.24, 2.45) is 4.99 Å². The van der Waals surface area contributed by atoms with E-state index in [4.69, 9.17) is 0 Å². The average molecular weight is 647 g/mol. The Kier molecular flexibility index (Phi) is 8.28. The van der Waals surface area contributed by atoms with Crippen LogP contribution >= 0.6 is 11.8 Å². The number of nitrogens with zero attached hydrogens (tertiary/aromatic N) is 5. The third kappa shape index (κ3) is 6.76. The molecular weight excluding hydrogens is 624 g/mol. The number of amides is 3. The molecule has 46 heavy (non-hydrogen) atoms. The molecule has 232 valence electrons. The fourth-order valence-electron chi connectivity index (χ4n) is 4.68. The summed E-state index contributed by atoms with van der Waals surface area (Å²) < 4.78 is 57.6. The van der Waals surface area contributed by atoms with Gasteiger partial charge in [-0.3, -0.25) is 9.69 Å². The molecule has 1 N–H and O–H groups in total. The van der Waals surface area contributed by atoms with Crippen molar-refractivity contribution >= 4 is 40.2 Å². The van der Waals surface area contributed by atoms with Crippen LogP contribution in [0.2, 0.25) is 0 Å². The van der Waals surface area contributed by atoms with E-state index in [1.165, 1.54) is 40.2 Å². The molecule has 6 rings (SSSR count). The quantitative estimate of drug-likeness (QED) is 0.191.